The SMILES string of the molecule is CCS(=O)(=O)Nc1ccc(NC(=O)c2ccccc2-c2ccc(Cn3cccn3)cc2)cc1OC. The maximum absolute atomic E-state index is 13.2. The Morgan fingerprint density at radius 2 is 1.80 bits per heavy atom. The van der Waals surface area contributed by atoms with Crippen LogP contribution in [0, 0.1) is 0 Å². The standard InChI is InChI=1S/C26H26N4O4S/c1-3-35(32,33)29-24-14-13-21(17-25(24)34-2)28-26(31)23-8-5-4-7-22(23)20-11-9-19(10-12-20)18-30-16-6-15-27-30/h4-17,29H,3,18H2,1-2H3,(H,28,31). The molecule has 8 nitrogen and oxygen atoms in total. The molecule has 1 aromatic heterocycles. The molecule has 0 spiro atoms. The molecule has 2 N–H and O–H groups in total. The zero-order chi connectivity index (χ0) is 24.8. The van der Waals surface area contributed by atoms with Gasteiger partial charge in [-0.25, -0.2) is 8.42 Å². The van der Waals surface area contributed by atoms with Crippen LogP contribution in [0.4, 0.5) is 11.4 Å². The first-order valence-corrected chi connectivity index (χ1v) is 12.7. The molecule has 0 bridgehead atoms. The number of amides is 1. The molecule has 0 saturated heterocycles. The Kier molecular flexibility index (Phi) is 7.17. The Balaban J connectivity index is 1.54. The Hall–Kier alpha value is -4.11. The smallest absolute Gasteiger partial charge is 0.256 e. The van der Waals surface area contributed by atoms with Gasteiger partial charge in [-0.15, -0.1) is 0 Å². The van der Waals surface area contributed by atoms with Crippen molar-refractivity contribution in [1.82, 2.24) is 9.78 Å². The number of carbonyl (C=O) groups is 1. The Labute approximate surface area is 204 Å². The highest BCUT2D eigenvalue weighted by molar-refractivity contribution is 7.92. The van der Waals surface area contributed by atoms with Crippen LogP contribution >= 0.6 is 0 Å². The third-order valence-electron chi connectivity index (χ3n) is 5.45. The van der Waals surface area contributed by atoms with Crippen LogP contribution < -0.4 is 14.8 Å². The number of carbonyl (C=O) groups excluding carboxylic acids is 1. The number of nitrogens with one attached hydrogen (secondary N) is 2. The van der Waals surface area contributed by atoms with Gasteiger partial charge in [0.15, 0.2) is 0 Å². The predicted molar refractivity (Wildman–Crippen MR) is 137 cm³/mol. The fourth-order valence-electron chi connectivity index (χ4n) is 3.60. The van der Waals surface area contributed by atoms with Gasteiger partial charge in [-0.1, -0.05) is 42.5 Å². The van der Waals surface area contributed by atoms with Crippen molar-refractivity contribution in [3.05, 3.63) is 96.3 Å². The first kappa shape index (κ1) is 24.0. The number of hydrogen-bond acceptors (Lipinski definition) is 5. The average Bonchev–Trinajstić information content (AvgIpc) is 3.38. The molecule has 180 valence electrons. The molecular weight excluding hydrogens is 464 g/mol. The number of methoxy groups -OCH3 is 1. The summed E-state index contributed by atoms with van der Waals surface area (Å²) in [4.78, 5) is 13.2. The van der Waals surface area contributed by atoms with E-state index in [4.69, 9.17) is 4.74 Å². The largest absolute Gasteiger partial charge is 0.494 e. The molecule has 35 heavy (non-hydrogen) atoms. The molecule has 0 atom stereocenters. The fraction of sp³-hybridized carbons (Fsp3) is 0.154. The zero-order valence-electron chi connectivity index (χ0n) is 19.4. The van der Waals surface area contributed by atoms with Crippen molar-refractivity contribution < 1.29 is 17.9 Å². The van der Waals surface area contributed by atoms with Crippen LogP contribution in [-0.2, 0) is 16.6 Å². The number of rotatable bonds is 9. The van der Waals surface area contributed by atoms with Crippen molar-refractivity contribution in [1.29, 1.82) is 0 Å². The van der Waals surface area contributed by atoms with Gasteiger partial charge in [-0.05, 0) is 47.9 Å². The summed E-state index contributed by atoms with van der Waals surface area (Å²) in [6, 6.07) is 22.0. The van der Waals surface area contributed by atoms with Gasteiger partial charge < -0.3 is 10.1 Å². The maximum Gasteiger partial charge on any atom is 0.256 e. The van der Waals surface area contributed by atoms with Crippen molar-refractivity contribution in [2.45, 2.75) is 13.5 Å². The van der Waals surface area contributed by atoms with E-state index in [-0.39, 0.29) is 11.7 Å². The maximum atomic E-state index is 13.2. The van der Waals surface area contributed by atoms with Crippen molar-refractivity contribution in [3.8, 4) is 16.9 Å². The van der Waals surface area contributed by atoms with Gasteiger partial charge in [-0.3, -0.25) is 14.2 Å². The Morgan fingerprint density at radius 3 is 2.49 bits per heavy atom. The first-order chi connectivity index (χ1) is 16.9. The van der Waals surface area contributed by atoms with Gasteiger partial charge in [0.05, 0.1) is 25.1 Å². The summed E-state index contributed by atoms with van der Waals surface area (Å²) < 4.78 is 33.5. The lowest BCUT2D eigenvalue weighted by Crippen LogP contribution is -2.16. The van der Waals surface area contributed by atoms with E-state index < -0.39 is 10.0 Å². The second-order valence-electron chi connectivity index (χ2n) is 7.82. The number of ether oxygens (including phenoxy) is 1. The number of nitrogens with zero attached hydrogens (tertiary/aromatic N) is 2. The summed E-state index contributed by atoms with van der Waals surface area (Å²) in [5.41, 5.74) is 4.13. The van der Waals surface area contributed by atoms with E-state index in [0.717, 1.165) is 16.7 Å². The molecule has 0 saturated carbocycles. The molecule has 4 aromatic rings. The van der Waals surface area contributed by atoms with E-state index in [2.05, 4.69) is 15.1 Å². The molecule has 1 heterocycles. The highest BCUT2D eigenvalue weighted by atomic mass is 32.2. The number of sulfonamides is 1. The van der Waals surface area contributed by atoms with Crippen molar-refractivity contribution in [2.75, 3.05) is 22.9 Å². The van der Waals surface area contributed by atoms with E-state index in [1.807, 2.05) is 59.4 Å². The zero-order valence-corrected chi connectivity index (χ0v) is 20.2. The monoisotopic (exact) mass is 490 g/mol. The molecule has 0 fully saturated rings. The van der Waals surface area contributed by atoms with Crippen molar-refractivity contribution in [2.24, 2.45) is 0 Å². The summed E-state index contributed by atoms with van der Waals surface area (Å²) in [5, 5.41) is 7.11. The third-order valence-corrected chi connectivity index (χ3v) is 6.74. The first-order valence-electron chi connectivity index (χ1n) is 11.0. The molecule has 0 aliphatic rings. The predicted octanol–water partition coefficient (Wildman–Crippen LogP) is 4.62. The minimum atomic E-state index is -3.46. The summed E-state index contributed by atoms with van der Waals surface area (Å²) in [5.74, 6) is -0.0404. The number of anilines is 2. The minimum Gasteiger partial charge on any atom is -0.494 e. The van der Waals surface area contributed by atoms with E-state index in [1.54, 1.807) is 37.4 Å². The van der Waals surface area contributed by atoms with Crippen LogP contribution in [0.3, 0.4) is 0 Å². The lowest BCUT2D eigenvalue weighted by Gasteiger charge is -2.14. The van der Waals surface area contributed by atoms with Crippen molar-refractivity contribution >= 4 is 27.3 Å². The summed E-state index contributed by atoms with van der Waals surface area (Å²) in [6.45, 7) is 2.22. The summed E-state index contributed by atoms with van der Waals surface area (Å²) >= 11 is 0. The number of benzene rings is 3. The Bertz CT molecular complexity index is 1420. The van der Waals surface area contributed by atoms with Gasteiger partial charge in [-0.2, -0.15) is 5.10 Å². The fourth-order valence-corrected chi connectivity index (χ4v) is 4.24. The molecule has 0 aliphatic heterocycles. The lowest BCUT2D eigenvalue weighted by atomic mass is 9.98. The quantitative estimate of drug-likeness (QED) is 0.356. The van der Waals surface area contributed by atoms with Crippen LogP contribution in [0.2, 0.25) is 0 Å². The molecular formula is C26H26N4O4S. The van der Waals surface area contributed by atoms with Crippen LogP contribution in [0.15, 0.2) is 85.2 Å². The molecule has 9 heteroatoms. The van der Waals surface area contributed by atoms with Gasteiger partial charge in [0.2, 0.25) is 10.0 Å². The summed E-state index contributed by atoms with van der Waals surface area (Å²) in [7, 11) is -2.02. The van der Waals surface area contributed by atoms with Crippen LogP contribution in [-0.4, -0.2) is 37.0 Å². The van der Waals surface area contributed by atoms with Gasteiger partial charge in [0.25, 0.3) is 5.91 Å². The number of aromatic nitrogens is 2. The van der Waals surface area contributed by atoms with Crippen LogP contribution in [0.1, 0.15) is 22.8 Å². The molecule has 0 radical (unpaired) electrons. The van der Waals surface area contributed by atoms with Gasteiger partial charge >= 0.3 is 0 Å². The topological polar surface area (TPSA) is 102 Å². The second-order valence-corrected chi connectivity index (χ2v) is 9.83. The highest BCUT2D eigenvalue weighted by Gasteiger charge is 2.15. The molecule has 3 aromatic carbocycles. The minimum absolute atomic E-state index is 0.0599. The summed E-state index contributed by atoms with van der Waals surface area (Å²) in [6.07, 6.45) is 3.66. The van der Waals surface area contributed by atoms with Crippen LogP contribution in [0.25, 0.3) is 11.1 Å². The van der Waals surface area contributed by atoms with E-state index in [0.29, 0.717) is 29.2 Å². The second kappa shape index (κ2) is 10.4. The van der Waals surface area contributed by atoms with Crippen molar-refractivity contribution in [3.63, 3.8) is 0 Å². The highest BCUT2D eigenvalue weighted by Crippen LogP contribution is 2.30. The molecule has 4 rings (SSSR count). The Morgan fingerprint density at radius 1 is 1.03 bits per heavy atom. The third kappa shape index (κ3) is 5.88. The average molecular weight is 491 g/mol. The molecule has 1 amide bonds. The normalized spacial score (nSPS) is 11.1. The van der Waals surface area contributed by atoms with E-state index in [9.17, 15) is 13.2 Å². The lowest BCUT2D eigenvalue weighted by molar-refractivity contribution is 0.102. The van der Waals surface area contributed by atoms with E-state index in [1.165, 1.54) is 7.11 Å². The van der Waals surface area contributed by atoms with Gasteiger partial charge in [0.1, 0.15) is 5.75 Å². The number of hydrogen-bond donors (Lipinski definition) is 2. The van der Waals surface area contributed by atoms with Crippen LogP contribution in [0.5, 0.6) is 5.75 Å². The van der Waals surface area contributed by atoms with Gasteiger partial charge in [0, 0.05) is 29.7 Å². The van der Waals surface area contributed by atoms with E-state index >= 15 is 0 Å². The molecule has 0 unspecified atom stereocenters. The molecule has 0 aliphatic carbocycles.